The van der Waals surface area contributed by atoms with E-state index in [-0.39, 0.29) is 11.8 Å². The molecular weight excluding hydrogens is 362 g/mol. The Morgan fingerprint density at radius 1 is 0.897 bits per heavy atom. The summed E-state index contributed by atoms with van der Waals surface area (Å²) in [5, 5.41) is 1.54. The molecule has 0 fully saturated rings. The van der Waals surface area contributed by atoms with Gasteiger partial charge in [-0.2, -0.15) is 0 Å². The Balaban J connectivity index is 1.78. The lowest BCUT2D eigenvalue weighted by molar-refractivity contribution is 0.0608. The number of hydrogen-bond donors (Lipinski definition) is 0. The zero-order valence-electron chi connectivity index (χ0n) is 16.5. The first-order valence-electron chi connectivity index (χ1n) is 9.72. The molecule has 0 bridgehead atoms. The lowest BCUT2D eigenvalue weighted by atomic mass is 9.91. The van der Waals surface area contributed by atoms with Crippen LogP contribution in [0, 0.1) is 11.8 Å². The van der Waals surface area contributed by atoms with E-state index in [9.17, 15) is 9.59 Å². The Morgan fingerprint density at radius 3 is 2.31 bits per heavy atom. The normalized spacial score (nSPS) is 12.7. The largest absolute Gasteiger partial charge is 0.497 e. The summed E-state index contributed by atoms with van der Waals surface area (Å²) in [7, 11) is 1.63. The van der Waals surface area contributed by atoms with Crippen LogP contribution in [0.15, 0.2) is 54.6 Å². The number of rotatable bonds is 4. The molecule has 0 atom stereocenters. The van der Waals surface area contributed by atoms with Gasteiger partial charge in [0.05, 0.1) is 7.11 Å². The maximum atomic E-state index is 12.9. The molecular formula is C25H21NO3. The van der Waals surface area contributed by atoms with E-state index < -0.39 is 0 Å². The minimum atomic E-state index is -0.221. The molecule has 4 rings (SSSR count). The molecule has 1 aliphatic heterocycles. The van der Waals surface area contributed by atoms with Crippen LogP contribution in [-0.2, 0) is 0 Å². The third kappa shape index (κ3) is 3.36. The van der Waals surface area contributed by atoms with Gasteiger partial charge in [-0.1, -0.05) is 37.3 Å². The molecule has 0 N–H and O–H groups in total. The van der Waals surface area contributed by atoms with Crippen molar-refractivity contribution in [2.75, 3.05) is 13.7 Å². The van der Waals surface area contributed by atoms with Crippen molar-refractivity contribution in [1.29, 1.82) is 0 Å². The summed E-state index contributed by atoms with van der Waals surface area (Å²) < 4.78 is 5.17. The smallest absolute Gasteiger partial charge is 0.261 e. The maximum absolute atomic E-state index is 12.9. The Kier molecular flexibility index (Phi) is 5.05. The number of carbonyl (C=O) groups excluding carboxylic acids is 2. The molecule has 1 aliphatic rings. The summed E-state index contributed by atoms with van der Waals surface area (Å²) in [6.45, 7) is 2.49. The lowest BCUT2D eigenvalue weighted by Gasteiger charge is -2.27. The van der Waals surface area contributed by atoms with Crippen LogP contribution in [0.3, 0.4) is 0 Å². The average molecular weight is 383 g/mol. The number of ether oxygens (including phenoxy) is 1. The van der Waals surface area contributed by atoms with Gasteiger partial charge in [-0.15, -0.1) is 0 Å². The van der Waals surface area contributed by atoms with Crippen LogP contribution in [0.5, 0.6) is 5.75 Å². The third-order valence-corrected chi connectivity index (χ3v) is 5.16. The Hall–Kier alpha value is -3.58. The molecule has 0 saturated heterocycles. The van der Waals surface area contributed by atoms with Crippen LogP contribution in [-0.4, -0.2) is 30.4 Å². The number of carbonyl (C=O) groups is 2. The van der Waals surface area contributed by atoms with E-state index in [4.69, 9.17) is 4.74 Å². The zero-order valence-corrected chi connectivity index (χ0v) is 16.5. The monoisotopic (exact) mass is 383 g/mol. The van der Waals surface area contributed by atoms with Crippen molar-refractivity contribution in [2.45, 2.75) is 19.8 Å². The van der Waals surface area contributed by atoms with Gasteiger partial charge in [0.15, 0.2) is 0 Å². The second kappa shape index (κ2) is 7.81. The second-order valence-corrected chi connectivity index (χ2v) is 6.98. The first-order valence-corrected chi connectivity index (χ1v) is 9.72. The zero-order chi connectivity index (χ0) is 20.4. The molecule has 3 aromatic carbocycles. The number of benzene rings is 3. The van der Waals surface area contributed by atoms with Gasteiger partial charge in [0.2, 0.25) is 0 Å². The van der Waals surface area contributed by atoms with E-state index in [1.165, 1.54) is 4.90 Å². The van der Waals surface area contributed by atoms with Crippen LogP contribution in [0.1, 0.15) is 51.6 Å². The van der Waals surface area contributed by atoms with Gasteiger partial charge >= 0.3 is 0 Å². The van der Waals surface area contributed by atoms with Crippen molar-refractivity contribution in [1.82, 2.24) is 4.90 Å². The SMILES string of the molecule is CCCCN1C(=O)c2cccc3c(C#Cc4ccc(OC)cc4)ccc(c23)C1=O. The number of amides is 2. The molecule has 0 unspecified atom stereocenters. The van der Waals surface area contributed by atoms with Crippen LogP contribution in [0.4, 0.5) is 0 Å². The van der Waals surface area contributed by atoms with Gasteiger partial charge in [0.25, 0.3) is 11.8 Å². The van der Waals surface area contributed by atoms with Gasteiger partial charge in [-0.3, -0.25) is 14.5 Å². The molecule has 0 aromatic heterocycles. The number of nitrogens with zero attached hydrogens (tertiary/aromatic N) is 1. The van der Waals surface area contributed by atoms with Crippen molar-refractivity contribution in [3.05, 3.63) is 76.9 Å². The Labute approximate surface area is 170 Å². The van der Waals surface area contributed by atoms with E-state index in [0.717, 1.165) is 35.1 Å². The summed E-state index contributed by atoms with van der Waals surface area (Å²) in [5.74, 6) is 6.68. The number of unbranched alkanes of at least 4 members (excludes halogenated alkanes) is 1. The van der Waals surface area contributed by atoms with E-state index in [1.54, 1.807) is 19.2 Å². The summed E-state index contributed by atoms with van der Waals surface area (Å²) in [4.78, 5) is 27.2. The molecule has 0 spiro atoms. The maximum Gasteiger partial charge on any atom is 0.261 e. The van der Waals surface area contributed by atoms with Crippen molar-refractivity contribution in [3.63, 3.8) is 0 Å². The standard InChI is InChI=1S/C25H21NO3/c1-3-4-16-26-24(27)21-7-5-6-20-18(12-15-22(23(20)21)25(26)28)11-8-17-9-13-19(29-2)14-10-17/h5-7,9-10,12-15H,3-4,16H2,1-2H3. The second-order valence-electron chi connectivity index (χ2n) is 6.98. The molecule has 2 amide bonds. The lowest BCUT2D eigenvalue weighted by Crippen LogP contribution is -2.40. The summed E-state index contributed by atoms with van der Waals surface area (Å²) in [5.41, 5.74) is 2.80. The van der Waals surface area contributed by atoms with Gasteiger partial charge < -0.3 is 4.74 Å². The molecule has 29 heavy (non-hydrogen) atoms. The molecule has 3 aromatic rings. The predicted octanol–water partition coefficient (Wildman–Crippen LogP) is 4.64. The Morgan fingerprint density at radius 2 is 1.62 bits per heavy atom. The van der Waals surface area contributed by atoms with Crippen LogP contribution in [0.25, 0.3) is 10.8 Å². The van der Waals surface area contributed by atoms with E-state index in [1.807, 2.05) is 49.4 Å². The highest BCUT2D eigenvalue weighted by molar-refractivity contribution is 6.26. The minimum absolute atomic E-state index is 0.221. The van der Waals surface area contributed by atoms with Crippen LogP contribution < -0.4 is 4.74 Å². The minimum Gasteiger partial charge on any atom is -0.497 e. The molecule has 144 valence electrons. The average Bonchev–Trinajstić information content (AvgIpc) is 2.76. The fourth-order valence-electron chi connectivity index (χ4n) is 3.59. The molecule has 0 saturated carbocycles. The van der Waals surface area contributed by atoms with Crippen molar-refractivity contribution < 1.29 is 14.3 Å². The molecule has 4 heteroatoms. The topological polar surface area (TPSA) is 46.6 Å². The van der Waals surface area contributed by atoms with Crippen molar-refractivity contribution in [3.8, 4) is 17.6 Å². The highest BCUT2D eigenvalue weighted by Gasteiger charge is 2.32. The van der Waals surface area contributed by atoms with Gasteiger partial charge in [-0.05, 0) is 54.3 Å². The number of imide groups is 1. The van der Waals surface area contributed by atoms with Crippen molar-refractivity contribution >= 4 is 22.6 Å². The van der Waals surface area contributed by atoms with Crippen molar-refractivity contribution in [2.24, 2.45) is 0 Å². The predicted molar refractivity (Wildman–Crippen MR) is 113 cm³/mol. The first-order chi connectivity index (χ1) is 14.1. The number of hydrogen-bond acceptors (Lipinski definition) is 3. The molecule has 0 aliphatic carbocycles. The van der Waals surface area contributed by atoms with Gasteiger partial charge in [0.1, 0.15) is 5.75 Å². The summed E-state index contributed by atoms with van der Waals surface area (Å²) >= 11 is 0. The fraction of sp³-hybridized carbons (Fsp3) is 0.200. The van der Waals surface area contributed by atoms with Gasteiger partial charge in [0, 0.05) is 34.2 Å². The molecule has 1 heterocycles. The molecule has 4 nitrogen and oxygen atoms in total. The third-order valence-electron chi connectivity index (χ3n) is 5.16. The highest BCUT2D eigenvalue weighted by atomic mass is 16.5. The summed E-state index contributed by atoms with van der Waals surface area (Å²) in [6, 6.07) is 16.7. The Bertz CT molecular complexity index is 1140. The quantitative estimate of drug-likeness (QED) is 0.487. The van der Waals surface area contributed by atoms with Crippen LogP contribution >= 0.6 is 0 Å². The van der Waals surface area contributed by atoms with E-state index in [2.05, 4.69) is 11.8 Å². The summed E-state index contributed by atoms with van der Waals surface area (Å²) in [6.07, 6.45) is 1.72. The molecule has 0 radical (unpaired) electrons. The van der Waals surface area contributed by atoms with E-state index >= 15 is 0 Å². The highest BCUT2D eigenvalue weighted by Crippen LogP contribution is 2.32. The fourth-order valence-corrected chi connectivity index (χ4v) is 3.59. The van der Waals surface area contributed by atoms with E-state index in [0.29, 0.717) is 23.1 Å². The van der Waals surface area contributed by atoms with Gasteiger partial charge in [-0.25, -0.2) is 0 Å². The first kappa shape index (κ1) is 18.8. The number of methoxy groups -OCH3 is 1. The van der Waals surface area contributed by atoms with Crippen LogP contribution in [0.2, 0.25) is 0 Å².